The SMILES string of the molecule is CN=C(NCc1cc(OC)ccc1O)NCC1(CN2CCOCC2)CCCCC1. The Kier molecular flexibility index (Phi) is 8.00. The largest absolute Gasteiger partial charge is 0.508 e. The second-order valence-electron chi connectivity index (χ2n) is 8.22. The van der Waals surface area contributed by atoms with Crippen molar-refractivity contribution in [3.05, 3.63) is 23.8 Å². The summed E-state index contributed by atoms with van der Waals surface area (Å²) in [7, 11) is 3.42. The smallest absolute Gasteiger partial charge is 0.191 e. The molecule has 29 heavy (non-hydrogen) atoms. The summed E-state index contributed by atoms with van der Waals surface area (Å²) in [4.78, 5) is 6.94. The summed E-state index contributed by atoms with van der Waals surface area (Å²) in [5.41, 5.74) is 1.07. The van der Waals surface area contributed by atoms with E-state index in [1.54, 1.807) is 26.3 Å². The lowest BCUT2D eigenvalue weighted by Gasteiger charge is -2.42. The lowest BCUT2D eigenvalue weighted by molar-refractivity contribution is 0.00820. The number of benzene rings is 1. The van der Waals surface area contributed by atoms with Crippen molar-refractivity contribution in [3.63, 3.8) is 0 Å². The molecule has 0 amide bonds. The Morgan fingerprint density at radius 3 is 2.66 bits per heavy atom. The minimum absolute atomic E-state index is 0.254. The molecule has 0 bridgehead atoms. The third kappa shape index (κ3) is 6.24. The number of nitrogens with zero attached hydrogens (tertiary/aromatic N) is 2. The number of nitrogens with one attached hydrogen (secondary N) is 2. The van der Waals surface area contributed by atoms with Crippen LogP contribution in [0.15, 0.2) is 23.2 Å². The van der Waals surface area contributed by atoms with Gasteiger partial charge in [-0.1, -0.05) is 19.3 Å². The Labute approximate surface area is 174 Å². The van der Waals surface area contributed by atoms with Crippen molar-refractivity contribution in [2.24, 2.45) is 10.4 Å². The minimum atomic E-state index is 0.254. The van der Waals surface area contributed by atoms with E-state index >= 15 is 0 Å². The van der Waals surface area contributed by atoms with Crippen LogP contribution >= 0.6 is 0 Å². The third-order valence-electron chi connectivity index (χ3n) is 6.16. The normalized spacial score (nSPS) is 20.3. The molecule has 0 radical (unpaired) electrons. The zero-order valence-electron chi connectivity index (χ0n) is 17.9. The Bertz CT molecular complexity index is 668. The molecule has 1 aromatic rings. The van der Waals surface area contributed by atoms with Gasteiger partial charge in [0.2, 0.25) is 0 Å². The van der Waals surface area contributed by atoms with Crippen LogP contribution in [0, 0.1) is 5.41 Å². The van der Waals surface area contributed by atoms with Crippen LogP contribution in [-0.4, -0.2) is 69.5 Å². The molecule has 3 rings (SSSR count). The van der Waals surface area contributed by atoms with Crippen molar-refractivity contribution >= 4 is 5.96 Å². The molecule has 1 saturated heterocycles. The second kappa shape index (κ2) is 10.7. The highest BCUT2D eigenvalue weighted by Crippen LogP contribution is 2.36. The molecule has 1 aliphatic carbocycles. The van der Waals surface area contributed by atoms with Crippen molar-refractivity contribution in [1.29, 1.82) is 0 Å². The van der Waals surface area contributed by atoms with Crippen LogP contribution in [-0.2, 0) is 11.3 Å². The van der Waals surface area contributed by atoms with Crippen molar-refractivity contribution in [1.82, 2.24) is 15.5 Å². The molecule has 0 spiro atoms. The van der Waals surface area contributed by atoms with E-state index in [1.807, 2.05) is 6.07 Å². The Hall–Kier alpha value is -1.99. The summed E-state index contributed by atoms with van der Waals surface area (Å²) in [5, 5.41) is 17.0. The first kappa shape index (κ1) is 21.7. The van der Waals surface area contributed by atoms with Gasteiger partial charge in [-0.05, 0) is 31.0 Å². The van der Waals surface area contributed by atoms with Gasteiger partial charge in [-0.2, -0.15) is 0 Å². The molecular formula is C22H36N4O3. The summed E-state index contributed by atoms with van der Waals surface area (Å²) in [5.74, 6) is 1.75. The summed E-state index contributed by atoms with van der Waals surface area (Å²) in [6.07, 6.45) is 6.45. The van der Waals surface area contributed by atoms with E-state index in [1.165, 1.54) is 32.1 Å². The summed E-state index contributed by atoms with van der Waals surface area (Å²) in [6, 6.07) is 5.26. The molecule has 3 N–H and O–H groups in total. The third-order valence-corrected chi connectivity index (χ3v) is 6.16. The maximum Gasteiger partial charge on any atom is 0.191 e. The number of phenols is 1. The summed E-state index contributed by atoms with van der Waals surface area (Å²) < 4.78 is 10.8. The van der Waals surface area contributed by atoms with E-state index in [-0.39, 0.29) is 11.2 Å². The van der Waals surface area contributed by atoms with Crippen LogP contribution in [0.25, 0.3) is 0 Å². The molecule has 2 aliphatic rings. The van der Waals surface area contributed by atoms with Crippen LogP contribution in [0.4, 0.5) is 0 Å². The first-order valence-corrected chi connectivity index (χ1v) is 10.7. The molecule has 2 fully saturated rings. The van der Waals surface area contributed by atoms with Gasteiger partial charge >= 0.3 is 0 Å². The molecule has 162 valence electrons. The van der Waals surface area contributed by atoms with Gasteiger partial charge in [-0.3, -0.25) is 9.89 Å². The fourth-order valence-corrected chi connectivity index (χ4v) is 4.43. The standard InChI is InChI=1S/C22H36N4O3/c1-23-21(24-15-18-14-19(28-2)6-7-20(18)27)25-16-22(8-4-3-5-9-22)17-26-10-12-29-13-11-26/h6-7,14,27H,3-5,8-13,15-17H2,1-2H3,(H2,23,24,25). The number of aliphatic imine (C=N–C) groups is 1. The quantitative estimate of drug-likeness (QED) is 0.478. The van der Waals surface area contributed by atoms with Gasteiger partial charge in [-0.15, -0.1) is 0 Å². The van der Waals surface area contributed by atoms with Gasteiger partial charge < -0.3 is 25.2 Å². The van der Waals surface area contributed by atoms with Crippen molar-refractivity contribution in [2.75, 3.05) is 53.6 Å². The fourth-order valence-electron chi connectivity index (χ4n) is 4.43. The predicted octanol–water partition coefficient (Wildman–Crippen LogP) is 2.35. The van der Waals surface area contributed by atoms with E-state index in [0.717, 1.165) is 56.7 Å². The van der Waals surface area contributed by atoms with Crippen molar-refractivity contribution in [2.45, 2.75) is 38.6 Å². The van der Waals surface area contributed by atoms with Gasteiger partial charge in [0.15, 0.2) is 5.96 Å². The van der Waals surface area contributed by atoms with Gasteiger partial charge in [0, 0.05) is 50.7 Å². The maximum absolute atomic E-state index is 10.1. The van der Waals surface area contributed by atoms with Gasteiger partial charge in [-0.25, -0.2) is 0 Å². The minimum Gasteiger partial charge on any atom is -0.508 e. The number of hydrogen-bond donors (Lipinski definition) is 3. The zero-order chi connectivity index (χ0) is 20.5. The lowest BCUT2D eigenvalue weighted by Crippen LogP contribution is -2.51. The van der Waals surface area contributed by atoms with Crippen molar-refractivity contribution < 1.29 is 14.6 Å². The summed E-state index contributed by atoms with van der Waals surface area (Å²) >= 11 is 0. The summed E-state index contributed by atoms with van der Waals surface area (Å²) in [6.45, 7) is 6.27. The first-order chi connectivity index (χ1) is 14.1. The molecular weight excluding hydrogens is 368 g/mol. The highest BCUT2D eigenvalue weighted by molar-refractivity contribution is 5.79. The monoisotopic (exact) mass is 404 g/mol. The highest BCUT2D eigenvalue weighted by atomic mass is 16.5. The second-order valence-corrected chi connectivity index (χ2v) is 8.22. The fraction of sp³-hybridized carbons (Fsp3) is 0.682. The Balaban J connectivity index is 1.57. The Morgan fingerprint density at radius 2 is 1.97 bits per heavy atom. The van der Waals surface area contributed by atoms with Crippen LogP contribution in [0.1, 0.15) is 37.7 Å². The van der Waals surface area contributed by atoms with E-state index in [9.17, 15) is 5.11 Å². The molecule has 0 atom stereocenters. The molecule has 1 saturated carbocycles. The molecule has 1 aromatic carbocycles. The number of hydrogen-bond acceptors (Lipinski definition) is 5. The molecule has 7 heteroatoms. The molecule has 0 unspecified atom stereocenters. The van der Waals surface area contributed by atoms with Gasteiger partial charge in [0.25, 0.3) is 0 Å². The number of methoxy groups -OCH3 is 1. The lowest BCUT2D eigenvalue weighted by atomic mass is 9.73. The molecule has 0 aromatic heterocycles. The Morgan fingerprint density at radius 1 is 1.21 bits per heavy atom. The average Bonchev–Trinajstić information content (AvgIpc) is 2.76. The number of rotatable bonds is 7. The highest BCUT2D eigenvalue weighted by Gasteiger charge is 2.34. The van der Waals surface area contributed by atoms with Crippen LogP contribution in [0.5, 0.6) is 11.5 Å². The first-order valence-electron chi connectivity index (χ1n) is 10.7. The van der Waals surface area contributed by atoms with Crippen molar-refractivity contribution in [3.8, 4) is 11.5 Å². The van der Waals surface area contributed by atoms with E-state index in [2.05, 4.69) is 20.5 Å². The number of aromatic hydroxyl groups is 1. The van der Waals surface area contributed by atoms with Gasteiger partial charge in [0.05, 0.1) is 20.3 Å². The number of ether oxygens (including phenoxy) is 2. The van der Waals surface area contributed by atoms with Gasteiger partial charge in [0.1, 0.15) is 11.5 Å². The van der Waals surface area contributed by atoms with Crippen LogP contribution in [0.3, 0.4) is 0 Å². The number of phenolic OH excluding ortho intramolecular Hbond substituents is 1. The van der Waals surface area contributed by atoms with Crippen LogP contribution in [0.2, 0.25) is 0 Å². The molecule has 7 nitrogen and oxygen atoms in total. The van der Waals surface area contributed by atoms with E-state index in [4.69, 9.17) is 9.47 Å². The maximum atomic E-state index is 10.1. The molecule has 1 aliphatic heterocycles. The topological polar surface area (TPSA) is 78.4 Å². The molecule has 1 heterocycles. The number of morpholine rings is 1. The predicted molar refractivity (Wildman–Crippen MR) is 116 cm³/mol. The number of guanidine groups is 1. The van der Waals surface area contributed by atoms with Crippen LogP contribution < -0.4 is 15.4 Å². The average molecular weight is 405 g/mol. The van der Waals surface area contributed by atoms with E-state index < -0.39 is 0 Å². The van der Waals surface area contributed by atoms with E-state index in [0.29, 0.717) is 6.54 Å². The zero-order valence-corrected chi connectivity index (χ0v) is 17.9.